The molecule has 0 aliphatic carbocycles. The number of nitrogens with zero attached hydrogens (tertiary/aromatic N) is 1. The first-order valence-electron chi connectivity index (χ1n) is 4.36. The Bertz CT molecular complexity index is 248. The Morgan fingerprint density at radius 1 is 1.43 bits per heavy atom. The van der Waals surface area contributed by atoms with Crippen LogP contribution in [-0.4, -0.2) is 36.4 Å². The van der Waals surface area contributed by atoms with E-state index in [1.165, 1.54) is 0 Å². The molecular formula is C8H12N2O4. The van der Waals surface area contributed by atoms with Gasteiger partial charge in [0.15, 0.2) is 0 Å². The molecule has 0 atom stereocenters. The van der Waals surface area contributed by atoms with Crippen molar-refractivity contribution in [2.75, 3.05) is 13.6 Å². The molecule has 0 radical (unpaired) electrons. The first kappa shape index (κ1) is 10.6. The number of carbonyl (C=O) groups excluding carboxylic acids is 3. The van der Waals surface area contributed by atoms with Crippen LogP contribution in [0.15, 0.2) is 0 Å². The standard InChI is InChI=1S/C8H12N2O4/c1-9-5-4-8(13)14-10-6(11)2-3-7(10)12/h9H,2-5H2,1H3. The topological polar surface area (TPSA) is 75.7 Å². The number of amides is 2. The largest absolute Gasteiger partial charge is 0.334 e. The van der Waals surface area contributed by atoms with Crippen LogP contribution < -0.4 is 5.32 Å². The molecule has 1 fully saturated rings. The minimum absolute atomic E-state index is 0.123. The van der Waals surface area contributed by atoms with Crippen molar-refractivity contribution in [2.24, 2.45) is 0 Å². The molecule has 78 valence electrons. The van der Waals surface area contributed by atoms with Crippen molar-refractivity contribution in [1.82, 2.24) is 10.4 Å². The van der Waals surface area contributed by atoms with Crippen LogP contribution in [0.25, 0.3) is 0 Å². The second-order valence-electron chi connectivity index (χ2n) is 2.90. The summed E-state index contributed by atoms with van der Waals surface area (Å²) in [5.41, 5.74) is 0. The van der Waals surface area contributed by atoms with Gasteiger partial charge < -0.3 is 10.2 Å². The summed E-state index contributed by atoms with van der Waals surface area (Å²) in [5.74, 6) is -1.48. The van der Waals surface area contributed by atoms with Crippen molar-refractivity contribution in [3.63, 3.8) is 0 Å². The smallest absolute Gasteiger partial charge is 0.330 e. The molecule has 6 nitrogen and oxygen atoms in total. The highest BCUT2D eigenvalue weighted by molar-refractivity contribution is 6.01. The molecule has 6 heteroatoms. The lowest BCUT2D eigenvalue weighted by molar-refractivity contribution is -0.197. The number of hydroxylamine groups is 2. The van der Waals surface area contributed by atoms with Crippen LogP contribution in [0.5, 0.6) is 0 Å². The van der Waals surface area contributed by atoms with Gasteiger partial charge in [-0.25, -0.2) is 4.79 Å². The zero-order valence-corrected chi connectivity index (χ0v) is 7.91. The Morgan fingerprint density at radius 3 is 2.50 bits per heavy atom. The van der Waals surface area contributed by atoms with Gasteiger partial charge >= 0.3 is 5.97 Å². The summed E-state index contributed by atoms with van der Waals surface area (Å²) in [4.78, 5) is 37.6. The van der Waals surface area contributed by atoms with Crippen LogP contribution >= 0.6 is 0 Å². The zero-order chi connectivity index (χ0) is 10.6. The monoisotopic (exact) mass is 200 g/mol. The van der Waals surface area contributed by atoms with E-state index in [4.69, 9.17) is 0 Å². The predicted octanol–water partition coefficient (Wildman–Crippen LogP) is -0.797. The molecule has 0 unspecified atom stereocenters. The van der Waals surface area contributed by atoms with E-state index in [2.05, 4.69) is 10.2 Å². The van der Waals surface area contributed by atoms with Gasteiger partial charge in [-0.05, 0) is 7.05 Å². The fraction of sp³-hybridized carbons (Fsp3) is 0.625. The van der Waals surface area contributed by atoms with Crippen molar-refractivity contribution in [3.8, 4) is 0 Å². The molecule has 0 bridgehead atoms. The molecular weight excluding hydrogens is 188 g/mol. The molecule has 2 amide bonds. The van der Waals surface area contributed by atoms with E-state index in [9.17, 15) is 14.4 Å². The summed E-state index contributed by atoms with van der Waals surface area (Å²) >= 11 is 0. The first-order chi connectivity index (χ1) is 6.65. The normalized spacial score (nSPS) is 16.2. The average molecular weight is 200 g/mol. The number of hydrogen-bond donors (Lipinski definition) is 1. The third kappa shape index (κ3) is 2.53. The Balaban J connectivity index is 2.39. The summed E-state index contributed by atoms with van der Waals surface area (Å²) in [6.07, 6.45) is 0.379. The summed E-state index contributed by atoms with van der Waals surface area (Å²) in [7, 11) is 1.69. The maximum Gasteiger partial charge on any atom is 0.334 e. The molecule has 1 aliphatic heterocycles. The second-order valence-corrected chi connectivity index (χ2v) is 2.90. The van der Waals surface area contributed by atoms with Gasteiger partial charge in [0, 0.05) is 19.4 Å². The molecule has 0 saturated carbocycles. The highest BCUT2D eigenvalue weighted by Crippen LogP contribution is 2.12. The van der Waals surface area contributed by atoms with Gasteiger partial charge in [0.2, 0.25) is 0 Å². The van der Waals surface area contributed by atoms with E-state index in [-0.39, 0.29) is 19.3 Å². The van der Waals surface area contributed by atoms with E-state index >= 15 is 0 Å². The molecule has 1 N–H and O–H groups in total. The molecule has 1 aliphatic rings. The van der Waals surface area contributed by atoms with Crippen molar-refractivity contribution in [1.29, 1.82) is 0 Å². The zero-order valence-electron chi connectivity index (χ0n) is 7.91. The van der Waals surface area contributed by atoms with Gasteiger partial charge in [0.1, 0.15) is 0 Å². The SMILES string of the molecule is CNCCC(=O)ON1C(=O)CCC1=O. The van der Waals surface area contributed by atoms with Crippen LogP contribution in [0.1, 0.15) is 19.3 Å². The van der Waals surface area contributed by atoms with Gasteiger partial charge in [-0.1, -0.05) is 0 Å². The summed E-state index contributed by atoms with van der Waals surface area (Å²) in [6.45, 7) is 0.453. The number of nitrogens with one attached hydrogen (secondary N) is 1. The third-order valence-electron chi connectivity index (χ3n) is 1.78. The second kappa shape index (κ2) is 4.71. The van der Waals surface area contributed by atoms with Gasteiger partial charge in [-0.15, -0.1) is 5.06 Å². The lowest BCUT2D eigenvalue weighted by Gasteiger charge is -2.12. The highest BCUT2D eigenvalue weighted by Gasteiger charge is 2.32. The van der Waals surface area contributed by atoms with E-state index in [1.807, 2.05) is 0 Å². The van der Waals surface area contributed by atoms with Crippen LogP contribution in [0.4, 0.5) is 0 Å². The Labute approximate surface area is 81.1 Å². The van der Waals surface area contributed by atoms with Gasteiger partial charge in [-0.2, -0.15) is 0 Å². The van der Waals surface area contributed by atoms with Crippen LogP contribution in [-0.2, 0) is 19.2 Å². The van der Waals surface area contributed by atoms with E-state index in [0.717, 1.165) is 0 Å². The summed E-state index contributed by atoms with van der Waals surface area (Å²) in [5, 5.41) is 3.31. The van der Waals surface area contributed by atoms with Crippen LogP contribution in [0.3, 0.4) is 0 Å². The molecule has 0 spiro atoms. The Kier molecular flexibility index (Phi) is 3.58. The molecule has 0 aromatic carbocycles. The molecule has 1 heterocycles. The quantitative estimate of drug-likeness (QED) is 0.601. The van der Waals surface area contributed by atoms with Crippen molar-refractivity contribution >= 4 is 17.8 Å². The summed E-state index contributed by atoms with van der Waals surface area (Å²) < 4.78 is 0. The van der Waals surface area contributed by atoms with E-state index in [0.29, 0.717) is 11.6 Å². The lowest BCUT2D eigenvalue weighted by Crippen LogP contribution is -2.32. The highest BCUT2D eigenvalue weighted by atomic mass is 16.7. The minimum atomic E-state index is -0.581. The number of hydrogen-bond acceptors (Lipinski definition) is 5. The minimum Gasteiger partial charge on any atom is -0.330 e. The third-order valence-corrected chi connectivity index (χ3v) is 1.78. The van der Waals surface area contributed by atoms with Crippen LogP contribution in [0, 0.1) is 0 Å². The van der Waals surface area contributed by atoms with Gasteiger partial charge in [0.05, 0.1) is 6.42 Å². The van der Waals surface area contributed by atoms with Crippen molar-refractivity contribution < 1.29 is 19.2 Å². The Morgan fingerprint density at radius 2 is 2.00 bits per heavy atom. The van der Waals surface area contributed by atoms with E-state index in [1.54, 1.807) is 7.05 Å². The van der Waals surface area contributed by atoms with Crippen molar-refractivity contribution in [3.05, 3.63) is 0 Å². The number of imide groups is 1. The fourth-order valence-electron chi connectivity index (χ4n) is 1.03. The fourth-order valence-corrected chi connectivity index (χ4v) is 1.03. The average Bonchev–Trinajstić information content (AvgIpc) is 2.46. The lowest BCUT2D eigenvalue weighted by atomic mass is 10.4. The van der Waals surface area contributed by atoms with Crippen LogP contribution in [0.2, 0.25) is 0 Å². The Hall–Kier alpha value is -1.43. The maximum atomic E-state index is 11.0. The molecule has 1 rings (SSSR count). The number of carbonyl (C=O) groups is 3. The van der Waals surface area contributed by atoms with E-state index < -0.39 is 17.8 Å². The molecule has 1 saturated heterocycles. The molecule has 14 heavy (non-hydrogen) atoms. The van der Waals surface area contributed by atoms with Gasteiger partial charge in [0.25, 0.3) is 11.8 Å². The number of rotatable bonds is 4. The van der Waals surface area contributed by atoms with Crippen molar-refractivity contribution in [2.45, 2.75) is 19.3 Å². The molecule has 0 aromatic heterocycles. The predicted molar refractivity (Wildman–Crippen MR) is 45.7 cm³/mol. The summed E-state index contributed by atoms with van der Waals surface area (Å²) in [6, 6.07) is 0. The maximum absolute atomic E-state index is 11.0. The first-order valence-corrected chi connectivity index (χ1v) is 4.36. The molecule has 0 aromatic rings. The van der Waals surface area contributed by atoms with Gasteiger partial charge in [-0.3, -0.25) is 9.59 Å².